The number of hydrogen-bond donors (Lipinski definition) is 2. The summed E-state index contributed by atoms with van der Waals surface area (Å²) >= 11 is 8.30. The van der Waals surface area contributed by atoms with E-state index in [9.17, 15) is 9.59 Å². The van der Waals surface area contributed by atoms with Crippen LogP contribution in [0, 0.1) is 0 Å². The molecule has 3 fully saturated rings. The summed E-state index contributed by atoms with van der Waals surface area (Å²) in [5, 5.41) is 0.661. The molecule has 0 spiro atoms. The third-order valence-corrected chi connectivity index (χ3v) is 4.50. The monoisotopic (exact) mass is 397 g/mol. The lowest BCUT2D eigenvalue weighted by Crippen LogP contribution is -2.29. The quantitative estimate of drug-likeness (QED) is 0.377. The Kier molecular flexibility index (Phi) is 6.25. The zero-order valence-corrected chi connectivity index (χ0v) is 17.1. The number of ether oxygens (including phenoxy) is 1. The maximum atomic E-state index is 12.4. The number of rotatable bonds is 7. The van der Waals surface area contributed by atoms with E-state index in [4.69, 9.17) is 4.74 Å². The maximum Gasteiger partial charge on any atom is 0.227 e. The van der Waals surface area contributed by atoms with Crippen molar-refractivity contribution in [3.05, 3.63) is 23.2 Å². The van der Waals surface area contributed by atoms with Crippen LogP contribution < -0.4 is 0 Å². The molecule has 0 radical (unpaired) electrons. The molecule has 3 aliphatic heterocycles. The maximum absolute atomic E-state index is 12.4. The van der Waals surface area contributed by atoms with Crippen LogP contribution >= 0.6 is 25.3 Å². The van der Waals surface area contributed by atoms with Crippen LogP contribution in [-0.4, -0.2) is 89.2 Å². The largest absolute Gasteiger partial charge is 0.379 e. The highest BCUT2D eigenvalue weighted by Gasteiger charge is 2.43. The van der Waals surface area contributed by atoms with E-state index in [-0.39, 0.29) is 11.6 Å². The van der Waals surface area contributed by atoms with Gasteiger partial charge in [0.05, 0.1) is 18.9 Å². The third kappa shape index (κ3) is 5.20. The van der Waals surface area contributed by atoms with Crippen LogP contribution in [0.2, 0.25) is 0 Å². The molecule has 0 saturated carbocycles. The van der Waals surface area contributed by atoms with Crippen molar-refractivity contribution in [2.45, 2.75) is 24.3 Å². The summed E-state index contributed by atoms with van der Waals surface area (Å²) in [6.45, 7) is 10.9. The summed E-state index contributed by atoms with van der Waals surface area (Å²) in [5.41, 5.74) is 1.89. The van der Waals surface area contributed by atoms with Gasteiger partial charge in [-0.25, -0.2) is 0 Å². The molecule has 1 aliphatic carbocycles. The van der Waals surface area contributed by atoms with Gasteiger partial charge in [0, 0.05) is 55.8 Å². The Morgan fingerprint density at radius 3 is 1.77 bits per heavy atom. The van der Waals surface area contributed by atoms with Crippen molar-refractivity contribution in [1.82, 2.24) is 14.7 Å². The molecule has 3 heterocycles. The second-order valence-corrected chi connectivity index (χ2v) is 8.88. The number of hydrogen-bond acceptors (Lipinski definition) is 8. The van der Waals surface area contributed by atoms with Crippen LogP contribution in [-0.2, 0) is 14.3 Å². The number of Topliss-reactive ketones (excluding diaryl/α,β-unsaturated/α-hetero) is 1. The van der Waals surface area contributed by atoms with Crippen LogP contribution in [0.4, 0.5) is 0 Å². The highest BCUT2D eigenvalue weighted by atomic mass is 32.1. The fraction of sp³-hybridized carbons (Fsp3) is 0.667. The van der Waals surface area contributed by atoms with E-state index >= 15 is 0 Å². The van der Waals surface area contributed by atoms with Gasteiger partial charge >= 0.3 is 0 Å². The highest BCUT2D eigenvalue weighted by Crippen LogP contribution is 2.33. The molecule has 0 aromatic carbocycles. The molecule has 144 valence electrons. The van der Waals surface area contributed by atoms with Crippen LogP contribution in [0.1, 0.15) is 13.8 Å². The van der Waals surface area contributed by atoms with Gasteiger partial charge < -0.3 is 19.4 Å². The lowest BCUT2D eigenvalue weighted by molar-refractivity contribution is -0.117. The van der Waals surface area contributed by atoms with E-state index in [1.807, 2.05) is 28.5 Å². The molecule has 0 bridgehead atoms. The Morgan fingerprint density at radius 1 is 0.885 bits per heavy atom. The Morgan fingerprint density at radius 2 is 1.35 bits per heavy atom. The van der Waals surface area contributed by atoms with Gasteiger partial charge in [-0.2, -0.15) is 25.3 Å². The molecular formula is C18H27N3O3S2. The zero-order chi connectivity index (χ0) is 18.8. The Balaban J connectivity index is 0.000000188. The first-order valence-corrected chi connectivity index (χ1v) is 10.2. The number of nitrogens with zero attached hydrogens (tertiary/aromatic N) is 3. The SMILES string of the molecule is CC(S)COCC(C)S.O=C1C=C(N2CC2)C(=O)C(N2CC2)=C1N1CC1. The van der Waals surface area contributed by atoms with Gasteiger partial charge in [0.1, 0.15) is 11.4 Å². The van der Waals surface area contributed by atoms with Crippen LogP contribution in [0.15, 0.2) is 23.2 Å². The van der Waals surface area contributed by atoms with E-state index in [0.29, 0.717) is 40.8 Å². The van der Waals surface area contributed by atoms with Crippen molar-refractivity contribution >= 4 is 36.8 Å². The second kappa shape index (κ2) is 8.27. The molecule has 26 heavy (non-hydrogen) atoms. The van der Waals surface area contributed by atoms with Gasteiger partial charge in [-0.15, -0.1) is 0 Å². The van der Waals surface area contributed by atoms with Crippen molar-refractivity contribution < 1.29 is 14.3 Å². The van der Waals surface area contributed by atoms with Crippen molar-refractivity contribution in [2.24, 2.45) is 0 Å². The Labute approximate surface area is 166 Å². The standard InChI is InChI=1S/C12H13N3O2.C6H14OS2/c16-9-7-8(13-1-2-13)12(17)11(15-5-6-15)10(9)14-3-4-14;1-5(8)3-7-4-6(2)9/h7H,1-6H2;5-6,8-9H,3-4H2,1-2H3. The summed E-state index contributed by atoms with van der Waals surface area (Å²) in [6.07, 6.45) is 1.52. The molecule has 0 N–H and O–H groups in total. The van der Waals surface area contributed by atoms with Crippen molar-refractivity contribution in [3.8, 4) is 0 Å². The van der Waals surface area contributed by atoms with Crippen LogP contribution in [0.25, 0.3) is 0 Å². The minimum absolute atomic E-state index is 0.00546. The molecule has 0 aromatic heterocycles. The lowest BCUT2D eigenvalue weighted by Gasteiger charge is -2.21. The fourth-order valence-corrected chi connectivity index (χ4v) is 2.90. The minimum atomic E-state index is 0.00546. The summed E-state index contributed by atoms with van der Waals surface area (Å²) < 4.78 is 5.20. The lowest BCUT2D eigenvalue weighted by atomic mass is 10.0. The number of allylic oxidation sites excluding steroid dienone is 1. The Bertz CT molecular complexity index is 626. The molecule has 6 nitrogen and oxygen atoms in total. The van der Waals surface area contributed by atoms with Crippen molar-refractivity contribution in [2.75, 3.05) is 52.5 Å². The summed E-state index contributed by atoms with van der Waals surface area (Å²) in [7, 11) is 0. The normalized spacial score (nSPS) is 23.4. The molecule has 0 aromatic rings. The van der Waals surface area contributed by atoms with E-state index in [0.717, 1.165) is 39.3 Å². The number of ketones is 2. The van der Waals surface area contributed by atoms with Gasteiger partial charge in [-0.3, -0.25) is 9.59 Å². The van der Waals surface area contributed by atoms with Gasteiger partial charge in [-0.1, -0.05) is 13.8 Å². The van der Waals surface area contributed by atoms with E-state index in [1.54, 1.807) is 0 Å². The summed E-state index contributed by atoms with van der Waals surface area (Å²) in [5.74, 6) is 0.0485. The van der Waals surface area contributed by atoms with Gasteiger partial charge in [0.2, 0.25) is 11.6 Å². The molecular weight excluding hydrogens is 370 g/mol. The van der Waals surface area contributed by atoms with Crippen molar-refractivity contribution in [1.29, 1.82) is 0 Å². The van der Waals surface area contributed by atoms with Gasteiger partial charge in [0.15, 0.2) is 0 Å². The third-order valence-electron chi connectivity index (χ3n) is 4.21. The number of thiol groups is 2. The molecule has 8 heteroatoms. The first kappa shape index (κ1) is 19.6. The Hall–Kier alpha value is -1.12. The topological polar surface area (TPSA) is 52.4 Å². The first-order chi connectivity index (χ1) is 12.4. The predicted octanol–water partition coefficient (Wildman–Crippen LogP) is 0.820. The average molecular weight is 398 g/mol. The first-order valence-electron chi connectivity index (χ1n) is 9.12. The van der Waals surface area contributed by atoms with Gasteiger partial charge in [-0.05, 0) is 0 Å². The second-order valence-electron chi connectivity index (χ2n) is 7.12. The molecule has 3 saturated heterocycles. The number of carbonyl (C=O) groups excluding carboxylic acids is 2. The average Bonchev–Trinajstić information content (AvgIpc) is 3.42. The van der Waals surface area contributed by atoms with E-state index in [1.165, 1.54) is 6.08 Å². The predicted molar refractivity (Wildman–Crippen MR) is 108 cm³/mol. The number of carbonyl (C=O) groups is 2. The molecule has 4 rings (SSSR count). The smallest absolute Gasteiger partial charge is 0.227 e. The van der Waals surface area contributed by atoms with E-state index < -0.39 is 0 Å². The molecule has 2 unspecified atom stereocenters. The highest BCUT2D eigenvalue weighted by molar-refractivity contribution is 7.81. The molecule has 2 atom stereocenters. The van der Waals surface area contributed by atoms with Crippen molar-refractivity contribution in [3.63, 3.8) is 0 Å². The zero-order valence-electron chi connectivity index (χ0n) is 15.3. The van der Waals surface area contributed by atoms with Gasteiger partial charge in [0.25, 0.3) is 0 Å². The minimum Gasteiger partial charge on any atom is -0.379 e. The van der Waals surface area contributed by atoms with E-state index in [2.05, 4.69) is 25.3 Å². The summed E-state index contributed by atoms with van der Waals surface area (Å²) in [6, 6.07) is 0. The fourth-order valence-electron chi connectivity index (χ4n) is 2.68. The molecule has 0 amide bonds. The van der Waals surface area contributed by atoms with Crippen LogP contribution in [0.5, 0.6) is 0 Å². The molecule has 4 aliphatic rings. The van der Waals surface area contributed by atoms with Crippen LogP contribution in [0.3, 0.4) is 0 Å². The summed E-state index contributed by atoms with van der Waals surface area (Å²) in [4.78, 5) is 30.5.